The number of nitrogens with one attached hydrogen (secondary N) is 2. The average molecular weight is 426 g/mol. The lowest BCUT2D eigenvalue weighted by Crippen LogP contribution is -2.30. The fourth-order valence-corrected chi connectivity index (χ4v) is 3.65. The molecule has 0 saturated carbocycles. The second-order valence-corrected chi connectivity index (χ2v) is 7.57. The lowest BCUT2D eigenvalue weighted by Gasteiger charge is -2.19. The van der Waals surface area contributed by atoms with Crippen LogP contribution in [0.15, 0.2) is 48.6 Å². The second-order valence-electron chi connectivity index (χ2n) is 5.31. The molecular formula is C15H12ClN5O4S2. The molecule has 0 fully saturated rings. The molecule has 1 aromatic heterocycles. The lowest BCUT2D eigenvalue weighted by atomic mass is 10.1. The van der Waals surface area contributed by atoms with Gasteiger partial charge in [-0.1, -0.05) is 48.1 Å². The van der Waals surface area contributed by atoms with Gasteiger partial charge < -0.3 is 10.6 Å². The molecule has 2 unspecified atom stereocenters. The van der Waals surface area contributed by atoms with E-state index in [1.54, 1.807) is 36.5 Å². The zero-order valence-electron chi connectivity index (χ0n) is 13.4. The molecule has 0 amide bonds. The molecule has 0 bridgehead atoms. The van der Waals surface area contributed by atoms with Crippen LogP contribution in [0.1, 0.15) is 0 Å². The molecule has 1 heterocycles. The molecular weight excluding hydrogens is 414 g/mol. The van der Waals surface area contributed by atoms with Crippen LogP contribution in [0.3, 0.4) is 0 Å². The van der Waals surface area contributed by atoms with E-state index in [4.69, 9.17) is 11.6 Å². The first-order chi connectivity index (χ1) is 13.0. The molecule has 2 N–H and O–H groups in total. The molecule has 27 heavy (non-hydrogen) atoms. The molecule has 140 valence electrons. The van der Waals surface area contributed by atoms with E-state index >= 15 is 0 Å². The standard InChI is InChI=1S/C15H12ClN5O4S2/c16-13-14(17-9-5-1-3-7-11(9)26(22)23)19-21-20-15(13)18-10-6-2-4-8-12(10)27(24)25/h1-10H,(H2,17,18,19,20). The topological polar surface area (TPSA) is 131 Å². The number of allylic oxidation sites excluding steroid dienone is 4. The smallest absolute Gasteiger partial charge is 0.219 e. The molecule has 0 saturated heterocycles. The Kier molecular flexibility index (Phi) is 5.84. The van der Waals surface area contributed by atoms with Gasteiger partial charge in [0, 0.05) is 0 Å². The van der Waals surface area contributed by atoms with Crippen LogP contribution >= 0.6 is 11.6 Å². The summed E-state index contributed by atoms with van der Waals surface area (Å²) < 4.78 is 45.4. The molecule has 2 atom stereocenters. The van der Waals surface area contributed by atoms with Crippen molar-refractivity contribution >= 4 is 53.6 Å². The molecule has 12 heteroatoms. The summed E-state index contributed by atoms with van der Waals surface area (Å²) in [5.74, 6) is 0.199. The average Bonchev–Trinajstić information content (AvgIpc) is 2.65. The number of nitrogens with zero attached hydrogens (tertiary/aromatic N) is 3. The van der Waals surface area contributed by atoms with Gasteiger partial charge in [-0.3, -0.25) is 0 Å². The van der Waals surface area contributed by atoms with E-state index in [1.165, 1.54) is 12.2 Å². The molecule has 0 radical (unpaired) electrons. The summed E-state index contributed by atoms with van der Waals surface area (Å²) >= 11 is 6.30. The fourth-order valence-electron chi connectivity index (χ4n) is 2.40. The predicted molar refractivity (Wildman–Crippen MR) is 104 cm³/mol. The first kappa shape index (κ1) is 19.0. The number of hydrogen-bond donors (Lipinski definition) is 2. The van der Waals surface area contributed by atoms with Crippen molar-refractivity contribution in [1.82, 2.24) is 15.4 Å². The lowest BCUT2D eigenvalue weighted by molar-refractivity contribution is 0.625. The zero-order chi connectivity index (χ0) is 19.4. The van der Waals surface area contributed by atoms with Gasteiger partial charge in [0.25, 0.3) is 0 Å². The molecule has 9 nitrogen and oxygen atoms in total. The van der Waals surface area contributed by atoms with Crippen LogP contribution < -0.4 is 10.6 Å². The largest absolute Gasteiger partial charge is 0.356 e. The highest BCUT2D eigenvalue weighted by Gasteiger charge is 2.21. The number of hydrogen-bond acceptors (Lipinski definition) is 9. The third kappa shape index (κ3) is 4.32. The Morgan fingerprint density at radius 1 is 0.778 bits per heavy atom. The van der Waals surface area contributed by atoms with Crippen molar-refractivity contribution in [3.8, 4) is 0 Å². The third-order valence-corrected chi connectivity index (χ3v) is 5.55. The zero-order valence-corrected chi connectivity index (χ0v) is 15.8. The second kappa shape index (κ2) is 8.29. The van der Waals surface area contributed by atoms with Gasteiger partial charge in [0.05, 0.1) is 21.8 Å². The molecule has 2 aliphatic carbocycles. The summed E-state index contributed by atoms with van der Waals surface area (Å²) in [6, 6.07) is -1.35. The van der Waals surface area contributed by atoms with Crippen LogP contribution in [0.4, 0.5) is 11.6 Å². The summed E-state index contributed by atoms with van der Waals surface area (Å²) in [6.45, 7) is 0. The van der Waals surface area contributed by atoms with Crippen LogP contribution in [0.5, 0.6) is 0 Å². The Bertz CT molecular complexity index is 1060. The first-order valence-electron chi connectivity index (χ1n) is 7.51. The van der Waals surface area contributed by atoms with Crippen molar-refractivity contribution in [2.24, 2.45) is 0 Å². The molecule has 1 aromatic rings. The van der Waals surface area contributed by atoms with E-state index in [1.807, 2.05) is 0 Å². The SMILES string of the molecule is O=S(=O)=C1C=CC=CC1Nc1nnnc(NC2C=CC=CC2=S(=O)=O)c1Cl. The van der Waals surface area contributed by atoms with E-state index < -0.39 is 32.7 Å². The Morgan fingerprint density at radius 3 is 1.63 bits per heavy atom. The quantitative estimate of drug-likeness (QED) is 0.659. The Labute approximate surface area is 162 Å². The van der Waals surface area contributed by atoms with Crippen molar-refractivity contribution in [3.05, 3.63) is 53.6 Å². The van der Waals surface area contributed by atoms with Gasteiger partial charge in [-0.05, 0) is 17.4 Å². The highest BCUT2D eigenvalue weighted by atomic mass is 35.5. The van der Waals surface area contributed by atoms with E-state index in [-0.39, 0.29) is 26.4 Å². The fraction of sp³-hybridized carbons (Fsp3) is 0.133. The van der Waals surface area contributed by atoms with Gasteiger partial charge in [-0.15, -0.1) is 10.2 Å². The molecule has 3 rings (SSSR count). The maximum absolute atomic E-state index is 11.3. The normalized spacial score (nSPS) is 20.6. The van der Waals surface area contributed by atoms with Crippen LogP contribution in [0, 0.1) is 0 Å². The minimum atomic E-state index is -2.43. The minimum Gasteiger partial charge on any atom is -0.356 e. The van der Waals surface area contributed by atoms with Crippen molar-refractivity contribution in [2.75, 3.05) is 10.6 Å². The Hall–Kier alpha value is -2.76. The van der Waals surface area contributed by atoms with E-state index in [9.17, 15) is 16.8 Å². The number of halogens is 1. The monoisotopic (exact) mass is 425 g/mol. The number of aromatic nitrogens is 3. The Morgan fingerprint density at radius 2 is 1.22 bits per heavy atom. The molecule has 2 aliphatic rings. The summed E-state index contributed by atoms with van der Waals surface area (Å²) in [5, 5.41) is 17.0. The van der Waals surface area contributed by atoms with Gasteiger partial charge in [-0.25, -0.2) is 0 Å². The van der Waals surface area contributed by atoms with Crippen molar-refractivity contribution in [2.45, 2.75) is 12.1 Å². The highest BCUT2D eigenvalue weighted by Crippen LogP contribution is 2.27. The van der Waals surface area contributed by atoms with Crippen LogP contribution in [-0.4, -0.2) is 54.1 Å². The third-order valence-electron chi connectivity index (χ3n) is 3.64. The maximum Gasteiger partial charge on any atom is 0.219 e. The van der Waals surface area contributed by atoms with E-state index in [0.29, 0.717) is 0 Å². The van der Waals surface area contributed by atoms with Crippen molar-refractivity contribution < 1.29 is 16.8 Å². The van der Waals surface area contributed by atoms with Crippen LogP contribution in [0.25, 0.3) is 0 Å². The summed E-state index contributed by atoms with van der Waals surface area (Å²) in [6.07, 6.45) is 12.7. The predicted octanol–water partition coefficient (Wildman–Crippen LogP) is 0.441. The first-order valence-corrected chi connectivity index (χ1v) is 10.0. The van der Waals surface area contributed by atoms with E-state index in [0.717, 1.165) is 0 Å². The van der Waals surface area contributed by atoms with Crippen molar-refractivity contribution in [1.29, 1.82) is 0 Å². The van der Waals surface area contributed by atoms with Crippen LogP contribution in [0.2, 0.25) is 5.02 Å². The van der Waals surface area contributed by atoms with Crippen molar-refractivity contribution in [3.63, 3.8) is 0 Å². The molecule has 0 spiro atoms. The molecule has 0 aliphatic heterocycles. The minimum absolute atomic E-state index is 0.0444. The maximum atomic E-state index is 11.3. The van der Waals surface area contributed by atoms with E-state index in [2.05, 4.69) is 26.0 Å². The van der Waals surface area contributed by atoms with Crippen LogP contribution in [-0.2, 0) is 20.6 Å². The van der Waals surface area contributed by atoms with Gasteiger partial charge in [-0.2, -0.15) is 16.8 Å². The summed E-state index contributed by atoms with van der Waals surface area (Å²) in [7, 11) is -4.86. The number of rotatable bonds is 4. The highest BCUT2D eigenvalue weighted by molar-refractivity contribution is 7.73. The van der Waals surface area contributed by atoms with Gasteiger partial charge in [0.15, 0.2) is 11.6 Å². The summed E-state index contributed by atoms with van der Waals surface area (Å²) in [5.41, 5.74) is 0. The van der Waals surface area contributed by atoms with Gasteiger partial charge in [0.2, 0.25) is 20.6 Å². The summed E-state index contributed by atoms with van der Waals surface area (Å²) in [4.78, 5) is 0.221. The number of anilines is 2. The van der Waals surface area contributed by atoms with Gasteiger partial charge in [0.1, 0.15) is 5.02 Å². The molecule has 0 aromatic carbocycles. The Balaban J connectivity index is 1.89. The van der Waals surface area contributed by atoms with Gasteiger partial charge >= 0.3 is 0 Å².